The van der Waals surface area contributed by atoms with Crippen molar-refractivity contribution in [3.63, 3.8) is 0 Å². The number of carbonyl (C=O) groups is 1. The van der Waals surface area contributed by atoms with Gasteiger partial charge in [-0.3, -0.25) is 4.79 Å². The fourth-order valence-electron chi connectivity index (χ4n) is 1.92. The first-order valence-electron chi connectivity index (χ1n) is 6.06. The van der Waals surface area contributed by atoms with Gasteiger partial charge in [-0.25, -0.2) is 0 Å². The molecule has 1 aromatic heterocycles. The lowest BCUT2D eigenvalue weighted by atomic mass is 10.1. The molecule has 0 saturated heterocycles. The predicted molar refractivity (Wildman–Crippen MR) is 81.1 cm³/mol. The summed E-state index contributed by atoms with van der Waals surface area (Å²) in [5.41, 5.74) is 2.84. The summed E-state index contributed by atoms with van der Waals surface area (Å²) < 4.78 is 2.08. The summed E-state index contributed by atoms with van der Waals surface area (Å²) in [6, 6.07) is 10.0. The van der Waals surface area contributed by atoms with E-state index in [4.69, 9.17) is 0 Å². The van der Waals surface area contributed by atoms with E-state index in [2.05, 4.69) is 9.47 Å². The topological polar surface area (TPSA) is 25.2 Å². The van der Waals surface area contributed by atoms with Crippen molar-refractivity contribution in [3.8, 4) is 11.1 Å². The summed E-state index contributed by atoms with van der Waals surface area (Å²) in [4.78, 5) is 13.3. The second kappa shape index (κ2) is 7.12. The molecular formula is C15H19ClN2O. The Kier molecular flexibility index (Phi) is 5.80. The van der Waals surface area contributed by atoms with E-state index in [1.165, 1.54) is 0 Å². The largest absolute Gasteiger partial charge is 0.352 e. The van der Waals surface area contributed by atoms with Gasteiger partial charge in [0.2, 0.25) is 0 Å². The molecule has 0 amide bonds. The van der Waals surface area contributed by atoms with Gasteiger partial charge in [-0.05, 0) is 19.7 Å². The van der Waals surface area contributed by atoms with Crippen molar-refractivity contribution in [2.24, 2.45) is 0 Å². The van der Waals surface area contributed by atoms with Crippen LogP contribution in [-0.4, -0.2) is 36.4 Å². The maximum absolute atomic E-state index is 11.1. The molecule has 0 fully saturated rings. The molecule has 0 unspecified atom stereocenters. The van der Waals surface area contributed by atoms with Gasteiger partial charge in [0.1, 0.15) is 0 Å². The van der Waals surface area contributed by atoms with E-state index in [1.54, 1.807) is 0 Å². The monoisotopic (exact) mass is 278 g/mol. The van der Waals surface area contributed by atoms with E-state index in [-0.39, 0.29) is 12.4 Å². The summed E-state index contributed by atoms with van der Waals surface area (Å²) in [7, 11) is 4.09. The van der Waals surface area contributed by atoms with Gasteiger partial charge < -0.3 is 9.47 Å². The van der Waals surface area contributed by atoms with Crippen LogP contribution in [0.15, 0.2) is 42.7 Å². The molecule has 0 atom stereocenters. The van der Waals surface area contributed by atoms with E-state index >= 15 is 0 Å². The van der Waals surface area contributed by atoms with Crippen molar-refractivity contribution >= 4 is 18.7 Å². The van der Waals surface area contributed by atoms with Gasteiger partial charge in [0.25, 0.3) is 0 Å². The van der Waals surface area contributed by atoms with E-state index in [1.807, 2.05) is 56.8 Å². The summed E-state index contributed by atoms with van der Waals surface area (Å²) in [6.45, 7) is 1.85. The highest BCUT2D eigenvalue weighted by molar-refractivity contribution is 5.87. The fraction of sp³-hybridized carbons (Fsp3) is 0.267. The van der Waals surface area contributed by atoms with Gasteiger partial charge in [-0.1, -0.05) is 30.3 Å². The number of aromatic nitrogens is 1. The molecular weight excluding hydrogens is 260 g/mol. The maximum Gasteiger partial charge on any atom is 0.152 e. The van der Waals surface area contributed by atoms with Gasteiger partial charge in [-0.15, -0.1) is 12.4 Å². The van der Waals surface area contributed by atoms with Crippen LogP contribution in [0.5, 0.6) is 0 Å². The van der Waals surface area contributed by atoms with Gasteiger partial charge in [0.15, 0.2) is 6.29 Å². The molecule has 1 aromatic carbocycles. The van der Waals surface area contributed by atoms with Crippen LogP contribution in [0.4, 0.5) is 0 Å². The van der Waals surface area contributed by atoms with E-state index in [0.717, 1.165) is 36.1 Å². The number of halogens is 1. The third kappa shape index (κ3) is 3.94. The Labute approximate surface area is 120 Å². The van der Waals surface area contributed by atoms with E-state index < -0.39 is 0 Å². The van der Waals surface area contributed by atoms with Crippen LogP contribution in [0.1, 0.15) is 10.4 Å². The Morgan fingerprint density at radius 3 is 2.42 bits per heavy atom. The van der Waals surface area contributed by atoms with Crippen molar-refractivity contribution in [1.29, 1.82) is 0 Å². The molecule has 0 aliphatic rings. The SMILES string of the molecule is CN(C)CCn1cc(C=O)c(-c2ccccc2)c1.Cl. The third-order valence-electron chi connectivity index (χ3n) is 2.93. The molecule has 4 heteroatoms. The highest BCUT2D eigenvalue weighted by Crippen LogP contribution is 2.23. The fourth-order valence-corrected chi connectivity index (χ4v) is 1.92. The molecule has 0 bridgehead atoms. The van der Waals surface area contributed by atoms with Crippen LogP contribution in [0.2, 0.25) is 0 Å². The van der Waals surface area contributed by atoms with Crippen molar-refractivity contribution < 1.29 is 4.79 Å². The smallest absolute Gasteiger partial charge is 0.152 e. The minimum absolute atomic E-state index is 0. The Hall–Kier alpha value is -1.58. The van der Waals surface area contributed by atoms with Crippen molar-refractivity contribution in [2.75, 3.05) is 20.6 Å². The van der Waals surface area contributed by atoms with Gasteiger partial charge in [-0.2, -0.15) is 0 Å². The Morgan fingerprint density at radius 2 is 1.84 bits per heavy atom. The molecule has 0 aliphatic heterocycles. The van der Waals surface area contributed by atoms with Crippen molar-refractivity contribution in [3.05, 3.63) is 48.3 Å². The zero-order valence-electron chi connectivity index (χ0n) is 11.2. The van der Waals surface area contributed by atoms with Crippen molar-refractivity contribution in [1.82, 2.24) is 9.47 Å². The molecule has 0 aliphatic carbocycles. The second-order valence-corrected chi connectivity index (χ2v) is 4.65. The number of rotatable bonds is 5. The summed E-state index contributed by atoms with van der Waals surface area (Å²) in [5.74, 6) is 0. The minimum atomic E-state index is 0. The lowest BCUT2D eigenvalue weighted by molar-refractivity contribution is 0.112. The van der Waals surface area contributed by atoms with Crippen LogP contribution in [0.25, 0.3) is 11.1 Å². The number of carbonyl (C=O) groups excluding carboxylic acids is 1. The molecule has 0 saturated carbocycles. The molecule has 0 N–H and O–H groups in total. The number of hydrogen-bond donors (Lipinski definition) is 0. The van der Waals surface area contributed by atoms with Crippen LogP contribution >= 0.6 is 12.4 Å². The summed E-state index contributed by atoms with van der Waals surface area (Å²) in [5, 5.41) is 0. The number of benzene rings is 1. The second-order valence-electron chi connectivity index (χ2n) is 4.65. The van der Waals surface area contributed by atoms with Crippen LogP contribution < -0.4 is 0 Å². The summed E-state index contributed by atoms with van der Waals surface area (Å²) >= 11 is 0. The van der Waals surface area contributed by atoms with E-state index in [0.29, 0.717) is 0 Å². The zero-order chi connectivity index (χ0) is 13.0. The highest BCUT2D eigenvalue weighted by atomic mass is 35.5. The average Bonchev–Trinajstić information content (AvgIpc) is 2.80. The molecule has 1 heterocycles. The quantitative estimate of drug-likeness (QED) is 0.786. The highest BCUT2D eigenvalue weighted by Gasteiger charge is 2.08. The molecule has 19 heavy (non-hydrogen) atoms. The molecule has 102 valence electrons. The maximum atomic E-state index is 11.1. The van der Waals surface area contributed by atoms with Gasteiger partial charge >= 0.3 is 0 Å². The zero-order valence-corrected chi connectivity index (χ0v) is 12.1. The van der Waals surface area contributed by atoms with Gasteiger partial charge in [0, 0.05) is 36.6 Å². The standard InChI is InChI=1S/C15H18N2O.ClH/c1-16(2)8-9-17-10-14(12-18)15(11-17)13-6-4-3-5-7-13;/h3-7,10-12H,8-9H2,1-2H3;1H. The molecule has 2 rings (SSSR count). The van der Waals surface area contributed by atoms with Crippen molar-refractivity contribution in [2.45, 2.75) is 6.54 Å². The lowest BCUT2D eigenvalue weighted by Gasteiger charge is -2.09. The number of hydrogen-bond acceptors (Lipinski definition) is 2. The van der Waals surface area contributed by atoms with Crippen LogP contribution in [0.3, 0.4) is 0 Å². The van der Waals surface area contributed by atoms with Crippen LogP contribution in [-0.2, 0) is 6.54 Å². The normalized spacial score (nSPS) is 10.3. The Balaban J connectivity index is 0.00000180. The Morgan fingerprint density at radius 1 is 1.16 bits per heavy atom. The first kappa shape index (κ1) is 15.5. The summed E-state index contributed by atoms with van der Waals surface area (Å²) in [6.07, 6.45) is 4.88. The third-order valence-corrected chi connectivity index (χ3v) is 2.93. The molecule has 0 radical (unpaired) electrons. The number of aldehydes is 1. The predicted octanol–water partition coefficient (Wildman–Crippen LogP) is 2.95. The molecule has 2 aromatic rings. The molecule has 3 nitrogen and oxygen atoms in total. The lowest BCUT2D eigenvalue weighted by Crippen LogP contribution is -2.17. The number of nitrogens with zero attached hydrogens (tertiary/aromatic N) is 2. The minimum Gasteiger partial charge on any atom is -0.352 e. The molecule has 0 spiro atoms. The first-order chi connectivity index (χ1) is 8.70. The average molecular weight is 279 g/mol. The first-order valence-corrected chi connectivity index (χ1v) is 6.06. The van der Waals surface area contributed by atoms with Gasteiger partial charge in [0.05, 0.1) is 0 Å². The van der Waals surface area contributed by atoms with Crippen LogP contribution in [0, 0.1) is 0 Å². The van der Waals surface area contributed by atoms with E-state index in [9.17, 15) is 4.79 Å². The number of likely N-dealkylation sites (N-methyl/N-ethyl adjacent to an activating group) is 1. The Bertz CT molecular complexity index is 520.